The van der Waals surface area contributed by atoms with Crippen LogP contribution in [0.1, 0.15) is 45.4 Å². The van der Waals surface area contributed by atoms with Gasteiger partial charge in [0, 0.05) is 6.04 Å². The largest absolute Gasteiger partial charge is 0.457 e. The molecule has 2 aliphatic carbocycles. The zero-order chi connectivity index (χ0) is 21.8. The van der Waals surface area contributed by atoms with Crippen molar-refractivity contribution in [3.8, 4) is 0 Å². The van der Waals surface area contributed by atoms with E-state index < -0.39 is 51.8 Å². The van der Waals surface area contributed by atoms with Crippen molar-refractivity contribution < 1.29 is 41.0 Å². The summed E-state index contributed by atoms with van der Waals surface area (Å²) in [5.41, 5.74) is -5.11. The molecule has 2 N–H and O–H groups in total. The first kappa shape index (κ1) is 23.4. The third kappa shape index (κ3) is 4.11. The van der Waals surface area contributed by atoms with Crippen molar-refractivity contribution >= 4 is 28.6 Å². The number of nitrogens with one attached hydrogen (secondary N) is 1. The highest BCUT2D eigenvalue weighted by Crippen LogP contribution is 2.54. The molecule has 4 nitrogen and oxygen atoms in total. The Hall–Kier alpha value is -0.300. The van der Waals surface area contributed by atoms with E-state index in [0.29, 0.717) is 19.4 Å². The summed E-state index contributed by atoms with van der Waals surface area (Å²) in [5.74, 6) is -1.34. The molecule has 0 spiro atoms. The van der Waals surface area contributed by atoms with Gasteiger partial charge < -0.3 is 15.2 Å². The Morgan fingerprint density at radius 2 is 1.72 bits per heavy atom. The van der Waals surface area contributed by atoms with Crippen LogP contribution in [-0.2, 0) is 9.53 Å². The molecule has 0 amide bonds. The molecule has 29 heavy (non-hydrogen) atoms. The topological polar surface area (TPSA) is 58.6 Å². The van der Waals surface area contributed by atoms with Gasteiger partial charge in [0.15, 0.2) is 0 Å². The number of ether oxygens (including phenoxy) is 1. The first-order chi connectivity index (χ1) is 13.2. The maximum absolute atomic E-state index is 13.5. The zero-order valence-corrected chi connectivity index (χ0v) is 17.9. The number of halogens is 7. The third-order valence-electron chi connectivity index (χ3n) is 6.86. The van der Waals surface area contributed by atoms with Crippen LogP contribution in [0.4, 0.5) is 26.3 Å². The molecule has 0 aromatic rings. The summed E-state index contributed by atoms with van der Waals surface area (Å²) in [4.78, 5) is 12.6. The minimum Gasteiger partial charge on any atom is -0.457 e. The van der Waals surface area contributed by atoms with Crippen LogP contribution >= 0.6 is 22.6 Å². The molecule has 168 valence electrons. The summed E-state index contributed by atoms with van der Waals surface area (Å²) in [6, 6.07) is -0.413. The molecule has 2 bridgehead atoms. The number of esters is 1. The number of rotatable bonds is 6. The molecule has 1 aliphatic heterocycles. The Bertz CT molecular complexity index is 620. The van der Waals surface area contributed by atoms with Crippen LogP contribution < -0.4 is 5.32 Å². The Morgan fingerprint density at radius 1 is 1.14 bits per heavy atom. The minimum atomic E-state index is -6.04. The number of alkyl halides is 7. The molecule has 3 aliphatic rings. The second-order valence-electron chi connectivity index (χ2n) is 8.70. The molecule has 0 aromatic heterocycles. The van der Waals surface area contributed by atoms with E-state index in [9.17, 15) is 36.2 Å². The van der Waals surface area contributed by atoms with Crippen LogP contribution in [-0.4, -0.2) is 51.1 Å². The highest BCUT2D eigenvalue weighted by molar-refractivity contribution is 14.1. The minimum absolute atomic E-state index is 0.00574. The number of hydrogen-bond donors (Lipinski definition) is 2. The van der Waals surface area contributed by atoms with Gasteiger partial charge in [0.05, 0.1) is 0 Å². The van der Waals surface area contributed by atoms with Gasteiger partial charge in [-0.05, 0) is 63.3 Å². The third-order valence-corrected chi connectivity index (χ3v) is 8.05. The predicted molar refractivity (Wildman–Crippen MR) is 99.3 cm³/mol. The van der Waals surface area contributed by atoms with Gasteiger partial charge in [0.25, 0.3) is 5.60 Å². The average Bonchev–Trinajstić information content (AvgIpc) is 3.11. The maximum atomic E-state index is 13.5. The first-order valence-electron chi connectivity index (χ1n) is 9.67. The predicted octanol–water partition coefficient (Wildman–Crippen LogP) is 4.14. The van der Waals surface area contributed by atoms with Crippen molar-refractivity contribution in [3.63, 3.8) is 0 Å². The Morgan fingerprint density at radius 3 is 2.10 bits per heavy atom. The lowest BCUT2D eigenvalue weighted by Crippen LogP contribution is -2.67. The summed E-state index contributed by atoms with van der Waals surface area (Å²) < 4.78 is 84.7. The monoisotopic (exact) mass is 543 g/mol. The molecule has 11 heteroatoms. The lowest BCUT2D eigenvalue weighted by molar-refractivity contribution is -0.392. The smallest absolute Gasteiger partial charge is 0.430 e. The van der Waals surface area contributed by atoms with Crippen LogP contribution in [0.3, 0.4) is 0 Å². The fraction of sp³-hybridized carbons (Fsp3) is 0.944. The van der Waals surface area contributed by atoms with Crippen molar-refractivity contribution in [3.05, 3.63) is 0 Å². The molecule has 6 unspecified atom stereocenters. The summed E-state index contributed by atoms with van der Waals surface area (Å²) in [7, 11) is 0. The second kappa shape index (κ2) is 7.68. The lowest BCUT2D eigenvalue weighted by Gasteiger charge is -2.43. The van der Waals surface area contributed by atoms with Gasteiger partial charge in [-0.1, -0.05) is 29.0 Å². The molecule has 1 heterocycles. The van der Waals surface area contributed by atoms with Gasteiger partial charge in [-0.3, -0.25) is 4.79 Å². The van der Waals surface area contributed by atoms with Crippen molar-refractivity contribution in [1.29, 1.82) is 0 Å². The SMILES string of the molecule is CC(I)(C(=O)OC(CC1CC2CCC1C2)C(O)(C(F)(F)F)C(F)(F)F)C1CCN1. The van der Waals surface area contributed by atoms with Crippen molar-refractivity contribution in [2.75, 3.05) is 6.54 Å². The van der Waals surface area contributed by atoms with Gasteiger partial charge in [0.2, 0.25) is 0 Å². The molecular formula is C18H24F6INO3. The van der Waals surface area contributed by atoms with Crippen molar-refractivity contribution in [2.24, 2.45) is 17.8 Å². The highest BCUT2D eigenvalue weighted by atomic mass is 127. The fourth-order valence-corrected chi connectivity index (χ4v) is 5.57. The van der Waals surface area contributed by atoms with Gasteiger partial charge in [-0.2, -0.15) is 26.3 Å². The van der Waals surface area contributed by atoms with E-state index in [1.165, 1.54) is 6.92 Å². The van der Waals surface area contributed by atoms with E-state index in [4.69, 9.17) is 4.74 Å². The fourth-order valence-electron chi connectivity index (χ4n) is 4.91. The standard InChI is InChI=1S/C18H24F6INO3/c1-15(25,12-4-5-26-12)14(27)29-13(8-11-7-9-2-3-10(11)6-9)16(28,17(19,20)21)18(22,23)24/h9-13,26,28H,2-8H2,1H3. The number of fused-ring (bicyclic) bond motifs is 2. The Labute approximate surface area is 178 Å². The Kier molecular flexibility index (Phi) is 6.19. The highest BCUT2D eigenvalue weighted by Gasteiger charge is 2.76. The van der Waals surface area contributed by atoms with Crippen molar-refractivity contribution in [1.82, 2.24) is 5.32 Å². The molecule has 3 fully saturated rings. The van der Waals surface area contributed by atoms with Crippen LogP contribution in [0.2, 0.25) is 0 Å². The van der Waals surface area contributed by atoms with E-state index in [-0.39, 0.29) is 11.8 Å². The van der Waals surface area contributed by atoms with Crippen LogP contribution in [0, 0.1) is 17.8 Å². The summed E-state index contributed by atoms with van der Waals surface area (Å²) in [6.07, 6.45) is -12.0. The first-order valence-corrected chi connectivity index (χ1v) is 10.7. The molecule has 0 radical (unpaired) electrons. The summed E-state index contributed by atoms with van der Waals surface area (Å²) in [6.45, 7) is 2.00. The lowest BCUT2D eigenvalue weighted by atomic mass is 9.80. The summed E-state index contributed by atoms with van der Waals surface area (Å²) in [5, 5.41) is 12.9. The van der Waals surface area contributed by atoms with Gasteiger partial charge in [-0.15, -0.1) is 0 Å². The van der Waals surface area contributed by atoms with Gasteiger partial charge in [-0.25, -0.2) is 0 Å². The normalized spacial score (nSPS) is 33.1. The quantitative estimate of drug-likeness (QED) is 0.229. The van der Waals surface area contributed by atoms with E-state index >= 15 is 0 Å². The number of aliphatic hydroxyl groups is 1. The molecule has 3 rings (SSSR count). The molecule has 2 saturated carbocycles. The van der Waals surface area contributed by atoms with E-state index in [0.717, 1.165) is 19.3 Å². The number of carbonyl (C=O) groups excluding carboxylic acids is 1. The van der Waals surface area contributed by atoms with Crippen molar-refractivity contribution in [2.45, 2.75) is 79.0 Å². The second-order valence-corrected chi connectivity index (χ2v) is 10.9. The Balaban J connectivity index is 1.89. The number of hydrogen-bond acceptors (Lipinski definition) is 4. The zero-order valence-electron chi connectivity index (χ0n) is 15.7. The van der Waals surface area contributed by atoms with Gasteiger partial charge in [0.1, 0.15) is 9.53 Å². The van der Waals surface area contributed by atoms with Crippen LogP contribution in [0.5, 0.6) is 0 Å². The molecule has 1 saturated heterocycles. The number of carbonyl (C=O) groups is 1. The van der Waals surface area contributed by atoms with Crippen LogP contribution in [0.15, 0.2) is 0 Å². The molecular weight excluding hydrogens is 519 g/mol. The molecule has 6 atom stereocenters. The van der Waals surface area contributed by atoms with E-state index in [2.05, 4.69) is 5.32 Å². The average molecular weight is 543 g/mol. The van der Waals surface area contributed by atoms with E-state index in [1.807, 2.05) is 0 Å². The van der Waals surface area contributed by atoms with E-state index in [1.54, 1.807) is 22.6 Å². The summed E-state index contributed by atoms with van der Waals surface area (Å²) >= 11 is 1.68. The maximum Gasteiger partial charge on any atom is 0.430 e. The van der Waals surface area contributed by atoms with Crippen LogP contribution in [0.25, 0.3) is 0 Å². The van der Waals surface area contributed by atoms with Gasteiger partial charge >= 0.3 is 18.3 Å². The molecule has 0 aromatic carbocycles.